The third-order valence-corrected chi connectivity index (χ3v) is 3.08. The van der Waals surface area contributed by atoms with Gasteiger partial charge in [-0.3, -0.25) is 0 Å². The lowest BCUT2D eigenvalue weighted by molar-refractivity contribution is 0.446. The van der Waals surface area contributed by atoms with Gasteiger partial charge in [-0.05, 0) is 19.9 Å². The van der Waals surface area contributed by atoms with E-state index in [9.17, 15) is 0 Å². The summed E-state index contributed by atoms with van der Waals surface area (Å²) < 4.78 is 0. The number of hydrogen-bond acceptors (Lipinski definition) is 3. The van der Waals surface area contributed by atoms with Gasteiger partial charge in [-0.15, -0.1) is 0 Å². The van der Waals surface area contributed by atoms with E-state index in [1.807, 2.05) is 0 Å². The maximum atomic E-state index is 5.43. The largest absolute Gasteiger partial charge is 0.329 e. The number of nitrogens with one attached hydrogen (secondary N) is 2. The first-order valence-electron chi connectivity index (χ1n) is 7.48. The minimum Gasteiger partial charge on any atom is -0.329 e. The molecule has 0 radical (unpaired) electrons. The summed E-state index contributed by atoms with van der Waals surface area (Å²) in [6, 6.07) is 0. The Kier molecular flexibility index (Phi) is 13.8. The molecule has 0 aromatic carbocycles. The molecule has 1 unspecified atom stereocenters. The molecule has 1 atom stereocenters. The Balaban J connectivity index is 3.02. The van der Waals surface area contributed by atoms with Gasteiger partial charge in [0.1, 0.15) is 0 Å². The quantitative estimate of drug-likeness (QED) is 0.344. The van der Waals surface area contributed by atoms with Gasteiger partial charge in [0.25, 0.3) is 0 Å². The van der Waals surface area contributed by atoms with Crippen molar-refractivity contribution in [2.75, 3.05) is 19.6 Å². The van der Waals surface area contributed by atoms with Gasteiger partial charge < -0.3 is 16.4 Å². The predicted octanol–water partition coefficient (Wildman–Crippen LogP) is 2.61. The second-order valence-corrected chi connectivity index (χ2v) is 4.89. The van der Waals surface area contributed by atoms with Crippen LogP contribution in [0.3, 0.4) is 0 Å². The molecule has 0 aliphatic rings. The Labute approximate surface area is 108 Å². The predicted molar refractivity (Wildman–Crippen MR) is 77.1 cm³/mol. The molecule has 0 saturated heterocycles. The Morgan fingerprint density at radius 3 is 1.94 bits per heavy atom. The van der Waals surface area contributed by atoms with E-state index in [-0.39, 0.29) is 0 Å². The molecule has 3 heteroatoms. The standard InChI is InChI=1S/C14H33N3/c1-3-4-5-6-7-8-9-10-12-16-14(2)17-13-11-15/h14,16-17H,3-13,15H2,1-2H3. The molecule has 0 aromatic rings. The van der Waals surface area contributed by atoms with Gasteiger partial charge in [0.05, 0.1) is 6.17 Å². The molecule has 17 heavy (non-hydrogen) atoms. The maximum Gasteiger partial charge on any atom is 0.0542 e. The summed E-state index contributed by atoms with van der Waals surface area (Å²) in [5.41, 5.74) is 5.43. The van der Waals surface area contributed by atoms with Gasteiger partial charge in [0, 0.05) is 13.1 Å². The number of unbranched alkanes of at least 4 members (excludes halogenated alkanes) is 7. The van der Waals surface area contributed by atoms with E-state index in [4.69, 9.17) is 5.73 Å². The molecule has 0 amide bonds. The number of rotatable bonds is 13. The van der Waals surface area contributed by atoms with Crippen LogP contribution in [0.2, 0.25) is 0 Å². The van der Waals surface area contributed by atoms with Crippen LogP contribution in [0.1, 0.15) is 65.2 Å². The van der Waals surface area contributed by atoms with Crippen LogP contribution >= 0.6 is 0 Å². The molecule has 0 saturated carbocycles. The number of hydrogen-bond donors (Lipinski definition) is 3. The van der Waals surface area contributed by atoms with Crippen LogP contribution in [0.25, 0.3) is 0 Å². The SMILES string of the molecule is CCCCCCCCCCNC(C)NCCN. The van der Waals surface area contributed by atoms with Gasteiger partial charge in [0.2, 0.25) is 0 Å². The molecule has 0 aromatic heterocycles. The first-order chi connectivity index (χ1) is 8.31. The molecule has 104 valence electrons. The zero-order valence-electron chi connectivity index (χ0n) is 11.9. The van der Waals surface area contributed by atoms with Gasteiger partial charge in [-0.1, -0.05) is 51.9 Å². The van der Waals surface area contributed by atoms with Gasteiger partial charge in [-0.25, -0.2) is 0 Å². The lowest BCUT2D eigenvalue weighted by Gasteiger charge is -2.14. The van der Waals surface area contributed by atoms with Crippen LogP contribution in [0.4, 0.5) is 0 Å². The molecule has 0 bridgehead atoms. The number of nitrogens with two attached hydrogens (primary N) is 1. The molecule has 0 spiro atoms. The minimum absolute atomic E-state index is 0.392. The summed E-state index contributed by atoms with van der Waals surface area (Å²) in [4.78, 5) is 0. The van der Waals surface area contributed by atoms with Crippen LogP contribution < -0.4 is 16.4 Å². The molecule has 3 nitrogen and oxygen atoms in total. The van der Waals surface area contributed by atoms with E-state index in [1.165, 1.54) is 51.4 Å². The average molecular weight is 243 g/mol. The Bertz CT molecular complexity index is 139. The lowest BCUT2D eigenvalue weighted by atomic mass is 10.1. The van der Waals surface area contributed by atoms with E-state index in [2.05, 4.69) is 24.5 Å². The lowest BCUT2D eigenvalue weighted by Crippen LogP contribution is -2.42. The van der Waals surface area contributed by atoms with Gasteiger partial charge in [0.15, 0.2) is 0 Å². The van der Waals surface area contributed by atoms with Crippen molar-refractivity contribution in [1.82, 2.24) is 10.6 Å². The molecular formula is C14H33N3. The highest BCUT2D eigenvalue weighted by molar-refractivity contribution is 4.58. The average Bonchev–Trinajstić information content (AvgIpc) is 2.34. The van der Waals surface area contributed by atoms with Crippen LogP contribution in [-0.4, -0.2) is 25.8 Å². The van der Waals surface area contributed by atoms with Crippen molar-refractivity contribution < 1.29 is 0 Å². The van der Waals surface area contributed by atoms with Gasteiger partial charge >= 0.3 is 0 Å². The van der Waals surface area contributed by atoms with Crippen molar-refractivity contribution >= 4 is 0 Å². The minimum atomic E-state index is 0.392. The van der Waals surface area contributed by atoms with E-state index < -0.39 is 0 Å². The molecule has 0 aliphatic carbocycles. The monoisotopic (exact) mass is 243 g/mol. The zero-order chi connectivity index (χ0) is 12.8. The molecule has 0 fully saturated rings. The van der Waals surface area contributed by atoms with Crippen LogP contribution in [0.5, 0.6) is 0 Å². The normalized spacial score (nSPS) is 12.9. The summed E-state index contributed by atoms with van der Waals surface area (Å²) in [5, 5.41) is 6.78. The van der Waals surface area contributed by atoms with Crippen molar-refractivity contribution in [2.45, 2.75) is 71.4 Å². The molecular weight excluding hydrogens is 210 g/mol. The van der Waals surface area contributed by atoms with Crippen LogP contribution in [0, 0.1) is 0 Å². The third-order valence-electron chi connectivity index (χ3n) is 3.08. The molecule has 0 aliphatic heterocycles. The Hall–Kier alpha value is -0.120. The van der Waals surface area contributed by atoms with E-state index >= 15 is 0 Å². The fourth-order valence-electron chi connectivity index (χ4n) is 1.95. The topological polar surface area (TPSA) is 50.1 Å². The van der Waals surface area contributed by atoms with E-state index in [1.54, 1.807) is 0 Å². The fraction of sp³-hybridized carbons (Fsp3) is 1.00. The highest BCUT2D eigenvalue weighted by atomic mass is 15.1. The first-order valence-corrected chi connectivity index (χ1v) is 7.48. The van der Waals surface area contributed by atoms with Crippen molar-refractivity contribution in [1.29, 1.82) is 0 Å². The Morgan fingerprint density at radius 1 is 0.824 bits per heavy atom. The van der Waals surface area contributed by atoms with Crippen LogP contribution in [-0.2, 0) is 0 Å². The van der Waals surface area contributed by atoms with Crippen molar-refractivity contribution in [3.63, 3.8) is 0 Å². The zero-order valence-corrected chi connectivity index (χ0v) is 11.9. The smallest absolute Gasteiger partial charge is 0.0542 e. The molecule has 4 N–H and O–H groups in total. The molecule has 0 rings (SSSR count). The van der Waals surface area contributed by atoms with E-state index in [0.29, 0.717) is 12.7 Å². The van der Waals surface area contributed by atoms with Crippen LogP contribution in [0.15, 0.2) is 0 Å². The first kappa shape index (κ1) is 16.9. The second kappa shape index (κ2) is 13.9. The highest BCUT2D eigenvalue weighted by Crippen LogP contribution is 2.07. The summed E-state index contributed by atoms with van der Waals surface area (Å²) in [7, 11) is 0. The fourth-order valence-corrected chi connectivity index (χ4v) is 1.95. The molecule has 0 heterocycles. The second-order valence-electron chi connectivity index (χ2n) is 4.89. The summed E-state index contributed by atoms with van der Waals surface area (Å²) in [6.07, 6.45) is 11.5. The Morgan fingerprint density at radius 2 is 1.35 bits per heavy atom. The maximum absolute atomic E-state index is 5.43. The van der Waals surface area contributed by atoms with Crippen molar-refractivity contribution in [2.24, 2.45) is 5.73 Å². The summed E-state index contributed by atoms with van der Waals surface area (Å²) in [6.45, 7) is 7.15. The van der Waals surface area contributed by atoms with E-state index in [0.717, 1.165) is 13.1 Å². The summed E-state index contributed by atoms with van der Waals surface area (Å²) in [5.74, 6) is 0. The summed E-state index contributed by atoms with van der Waals surface area (Å²) >= 11 is 0. The van der Waals surface area contributed by atoms with Crippen molar-refractivity contribution in [3.8, 4) is 0 Å². The van der Waals surface area contributed by atoms with Gasteiger partial charge in [-0.2, -0.15) is 0 Å². The highest BCUT2D eigenvalue weighted by Gasteiger charge is 1.97. The third kappa shape index (κ3) is 13.8. The van der Waals surface area contributed by atoms with Crippen molar-refractivity contribution in [3.05, 3.63) is 0 Å².